The van der Waals surface area contributed by atoms with Gasteiger partial charge in [-0.2, -0.15) is 0 Å². The third kappa shape index (κ3) is 5.15. The lowest BCUT2D eigenvalue weighted by Gasteiger charge is -2.12. The predicted octanol–water partition coefficient (Wildman–Crippen LogP) is 1.51. The van der Waals surface area contributed by atoms with Crippen LogP contribution in [0.2, 0.25) is 0 Å². The molecule has 0 saturated heterocycles. The van der Waals surface area contributed by atoms with Gasteiger partial charge in [0.1, 0.15) is 0 Å². The van der Waals surface area contributed by atoms with Crippen LogP contribution >= 0.6 is 0 Å². The number of ether oxygens (including phenoxy) is 1. The Kier molecular flexibility index (Phi) is 4.97. The van der Waals surface area contributed by atoms with Crippen molar-refractivity contribution in [2.75, 3.05) is 6.61 Å². The van der Waals surface area contributed by atoms with Gasteiger partial charge in [-0.15, -0.1) is 0 Å². The highest BCUT2D eigenvalue weighted by Crippen LogP contribution is 2.15. The van der Waals surface area contributed by atoms with E-state index in [-0.39, 0.29) is 12.3 Å². The molecule has 0 aliphatic rings. The third-order valence-electron chi connectivity index (χ3n) is 1.45. The maximum absolute atomic E-state index is 11.3. The van der Waals surface area contributed by atoms with Crippen molar-refractivity contribution in [3.63, 3.8) is 0 Å². The fraction of sp³-hybridized carbons (Fsp3) is 0.700. The van der Waals surface area contributed by atoms with Gasteiger partial charge in [-0.25, -0.2) is 9.59 Å². The zero-order valence-corrected chi connectivity index (χ0v) is 9.79. The van der Waals surface area contributed by atoms with Crippen LogP contribution in [0.15, 0.2) is 5.16 Å². The Balaban J connectivity index is 4.29. The highest BCUT2D eigenvalue weighted by molar-refractivity contribution is 6.35. The molecule has 0 aliphatic heterocycles. The molecule has 0 atom stereocenters. The SMILES string of the molecule is CCOC(=O)/C(C)=N/OC(=O)C(C)(C)C. The molecule has 0 N–H and O–H groups in total. The Morgan fingerprint density at radius 1 is 1.27 bits per heavy atom. The minimum atomic E-state index is -0.640. The lowest BCUT2D eigenvalue weighted by Crippen LogP contribution is -2.22. The van der Waals surface area contributed by atoms with Gasteiger partial charge in [-0.3, -0.25) is 0 Å². The molecule has 5 heteroatoms. The molecule has 0 rings (SSSR count). The molecule has 0 aliphatic carbocycles. The summed E-state index contributed by atoms with van der Waals surface area (Å²) in [6, 6.07) is 0. The van der Waals surface area contributed by atoms with Crippen molar-refractivity contribution in [1.82, 2.24) is 0 Å². The summed E-state index contributed by atoms with van der Waals surface area (Å²) >= 11 is 0. The zero-order valence-electron chi connectivity index (χ0n) is 9.79. The van der Waals surface area contributed by atoms with Crippen LogP contribution in [-0.4, -0.2) is 24.3 Å². The molecule has 0 heterocycles. The summed E-state index contributed by atoms with van der Waals surface area (Å²) < 4.78 is 4.66. The number of hydrogen-bond acceptors (Lipinski definition) is 5. The van der Waals surface area contributed by atoms with E-state index >= 15 is 0 Å². The number of hydrogen-bond donors (Lipinski definition) is 0. The molecular formula is C10H17NO4. The Hall–Kier alpha value is -1.39. The summed E-state index contributed by atoms with van der Waals surface area (Å²) in [5.41, 5.74) is -0.618. The van der Waals surface area contributed by atoms with Gasteiger partial charge in [0.25, 0.3) is 0 Å². The lowest BCUT2D eigenvalue weighted by molar-refractivity contribution is -0.153. The van der Waals surface area contributed by atoms with Gasteiger partial charge < -0.3 is 9.57 Å². The molecule has 0 saturated carbocycles. The van der Waals surface area contributed by atoms with Crippen LogP contribution in [0.5, 0.6) is 0 Å². The lowest BCUT2D eigenvalue weighted by atomic mass is 9.98. The number of oxime groups is 1. The van der Waals surface area contributed by atoms with Crippen molar-refractivity contribution in [3.8, 4) is 0 Å². The van der Waals surface area contributed by atoms with Gasteiger partial charge in [0.15, 0.2) is 5.71 Å². The smallest absolute Gasteiger partial charge is 0.355 e. The van der Waals surface area contributed by atoms with Gasteiger partial charge in [0.2, 0.25) is 0 Å². The first-order valence-electron chi connectivity index (χ1n) is 4.72. The van der Waals surface area contributed by atoms with Crippen LogP contribution in [0.4, 0.5) is 0 Å². The van der Waals surface area contributed by atoms with Crippen molar-refractivity contribution in [3.05, 3.63) is 0 Å². The van der Waals surface area contributed by atoms with Crippen LogP contribution in [0.3, 0.4) is 0 Å². The van der Waals surface area contributed by atoms with E-state index in [0.717, 1.165) is 0 Å². The van der Waals surface area contributed by atoms with Gasteiger partial charge in [-0.1, -0.05) is 5.16 Å². The number of carbonyl (C=O) groups is 2. The largest absolute Gasteiger partial charge is 0.461 e. The van der Waals surface area contributed by atoms with Crippen LogP contribution in [0, 0.1) is 5.41 Å². The molecular weight excluding hydrogens is 198 g/mol. The summed E-state index contributed by atoms with van der Waals surface area (Å²) in [7, 11) is 0. The Morgan fingerprint density at radius 3 is 2.20 bits per heavy atom. The third-order valence-corrected chi connectivity index (χ3v) is 1.45. The molecule has 0 spiro atoms. The fourth-order valence-corrected chi connectivity index (χ4v) is 0.520. The van der Waals surface area contributed by atoms with Crippen molar-refractivity contribution in [2.24, 2.45) is 10.6 Å². The quantitative estimate of drug-likeness (QED) is 0.310. The second-order valence-electron chi connectivity index (χ2n) is 4.03. The van der Waals surface area contributed by atoms with E-state index in [1.807, 2.05) is 0 Å². The van der Waals surface area contributed by atoms with E-state index < -0.39 is 17.4 Å². The van der Waals surface area contributed by atoms with E-state index in [0.29, 0.717) is 0 Å². The molecule has 0 fully saturated rings. The summed E-state index contributed by atoms with van der Waals surface area (Å²) in [5, 5.41) is 3.40. The molecule has 0 unspecified atom stereocenters. The minimum absolute atomic E-state index is 0.0226. The average molecular weight is 215 g/mol. The maximum atomic E-state index is 11.3. The summed E-state index contributed by atoms with van der Waals surface area (Å²) in [6.45, 7) is 8.47. The van der Waals surface area contributed by atoms with E-state index in [9.17, 15) is 9.59 Å². The first kappa shape index (κ1) is 13.6. The van der Waals surface area contributed by atoms with Gasteiger partial charge in [-0.05, 0) is 34.6 Å². The Labute approximate surface area is 89.4 Å². The minimum Gasteiger partial charge on any atom is -0.461 e. The van der Waals surface area contributed by atoms with Gasteiger partial charge in [0.05, 0.1) is 12.0 Å². The molecule has 0 amide bonds. The molecule has 0 aromatic carbocycles. The second kappa shape index (κ2) is 5.48. The zero-order chi connectivity index (χ0) is 12.1. The Bertz CT molecular complexity index is 276. The highest BCUT2D eigenvalue weighted by atomic mass is 16.7. The molecule has 5 nitrogen and oxygen atoms in total. The van der Waals surface area contributed by atoms with Gasteiger partial charge in [0, 0.05) is 0 Å². The van der Waals surface area contributed by atoms with Crippen molar-refractivity contribution in [1.29, 1.82) is 0 Å². The second-order valence-corrected chi connectivity index (χ2v) is 4.03. The fourth-order valence-electron chi connectivity index (χ4n) is 0.520. The van der Waals surface area contributed by atoms with Crippen LogP contribution in [-0.2, 0) is 19.2 Å². The molecule has 0 radical (unpaired) electrons. The first-order valence-corrected chi connectivity index (χ1v) is 4.72. The van der Waals surface area contributed by atoms with E-state index in [4.69, 9.17) is 0 Å². The topological polar surface area (TPSA) is 65.0 Å². The normalized spacial score (nSPS) is 12.2. The highest BCUT2D eigenvalue weighted by Gasteiger charge is 2.24. The monoisotopic (exact) mass is 215 g/mol. The molecule has 0 aromatic heterocycles. The van der Waals surface area contributed by atoms with Crippen molar-refractivity contribution in [2.45, 2.75) is 34.6 Å². The van der Waals surface area contributed by atoms with Crippen molar-refractivity contribution < 1.29 is 19.2 Å². The van der Waals surface area contributed by atoms with E-state index in [1.54, 1.807) is 27.7 Å². The van der Waals surface area contributed by atoms with Gasteiger partial charge >= 0.3 is 11.9 Å². The summed E-state index contributed by atoms with van der Waals surface area (Å²) in [5.74, 6) is -1.08. The van der Waals surface area contributed by atoms with E-state index in [2.05, 4.69) is 14.7 Å². The summed E-state index contributed by atoms with van der Waals surface area (Å²) in [4.78, 5) is 26.9. The summed E-state index contributed by atoms with van der Waals surface area (Å²) in [6.07, 6.45) is 0. The molecule has 15 heavy (non-hydrogen) atoms. The predicted molar refractivity (Wildman–Crippen MR) is 55.3 cm³/mol. The van der Waals surface area contributed by atoms with Crippen LogP contribution < -0.4 is 0 Å². The van der Waals surface area contributed by atoms with Crippen LogP contribution in [0.25, 0.3) is 0 Å². The first-order chi connectivity index (χ1) is 6.79. The number of rotatable bonds is 3. The number of carbonyl (C=O) groups excluding carboxylic acids is 2. The number of esters is 1. The molecule has 0 bridgehead atoms. The van der Waals surface area contributed by atoms with E-state index in [1.165, 1.54) is 6.92 Å². The molecule has 86 valence electrons. The number of nitrogens with zero attached hydrogens (tertiary/aromatic N) is 1. The van der Waals surface area contributed by atoms with Crippen LogP contribution in [0.1, 0.15) is 34.6 Å². The molecule has 0 aromatic rings. The Morgan fingerprint density at radius 2 is 1.80 bits per heavy atom. The van der Waals surface area contributed by atoms with Crippen molar-refractivity contribution >= 4 is 17.7 Å². The average Bonchev–Trinajstić information content (AvgIpc) is 2.12. The standard InChI is InChI=1S/C10H17NO4/c1-6-14-8(12)7(2)11-15-9(13)10(3,4)5/h6H2,1-5H3/b11-7+. The maximum Gasteiger partial charge on any atom is 0.355 e.